The van der Waals surface area contributed by atoms with E-state index in [4.69, 9.17) is 10.5 Å². The summed E-state index contributed by atoms with van der Waals surface area (Å²) < 4.78 is 43.3. The Kier molecular flexibility index (Phi) is 6.60. The van der Waals surface area contributed by atoms with Gasteiger partial charge in [-0.15, -0.1) is 0 Å². The lowest BCUT2D eigenvalue weighted by Gasteiger charge is -2.33. The van der Waals surface area contributed by atoms with Gasteiger partial charge in [-0.2, -0.15) is 13.2 Å². The first-order valence-corrected chi connectivity index (χ1v) is 8.22. The van der Waals surface area contributed by atoms with Gasteiger partial charge in [0.2, 0.25) is 11.8 Å². The number of hydrogen-bond donors (Lipinski definition) is 2. The lowest BCUT2D eigenvalue weighted by Crippen LogP contribution is -2.55. The maximum Gasteiger partial charge on any atom is 0.416 e. The second-order valence-corrected chi connectivity index (χ2v) is 6.22. The molecule has 1 heterocycles. The third kappa shape index (κ3) is 5.18. The van der Waals surface area contributed by atoms with Crippen molar-refractivity contribution >= 4 is 11.8 Å². The summed E-state index contributed by atoms with van der Waals surface area (Å²) in [5.41, 5.74) is 5.27. The summed E-state index contributed by atoms with van der Waals surface area (Å²) >= 11 is 0. The number of ether oxygens (including phenoxy) is 1. The van der Waals surface area contributed by atoms with Crippen molar-refractivity contribution in [1.82, 2.24) is 10.2 Å². The van der Waals surface area contributed by atoms with Gasteiger partial charge in [-0.3, -0.25) is 9.59 Å². The number of rotatable bonds is 6. The molecule has 0 saturated carbocycles. The van der Waals surface area contributed by atoms with Gasteiger partial charge in [-0.25, -0.2) is 0 Å². The van der Waals surface area contributed by atoms with E-state index < -0.39 is 29.7 Å². The van der Waals surface area contributed by atoms with Crippen molar-refractivity contribution in [2.45, 2.75) is 37.6 Å². The second kappa shape index (κ2) is 8.50. The summed E-state index contributed by atoms with van der Waals surface area (Å²) in [7, 11) is 1.41. The summed E-state index contributed by atoms with van der Waals surface area (Å²) in [6.45, 7) is 0.505. The molecule has 0 aromatic heterocycles. The molecule has 9 heteroatoms. The number of alkyl halides is 3. The number of nitrogens with zero attached hydrogens (tertiary/aromatic N) is 1. The molecule has 1 fully saturated rings. The van der Waals surface area contributed by atoms with Crippen LogP contribution in [0.4, 0.5) is 13.2 Å². The van der Waals surface area contributed by atoms with Crippen LogP contribution < -0.4 is 11.1 Å². The van der Waals surface area contributed by atoms with Crippen molar-refractivity contribution in [3.05, 3.63) is 35.4 Å². The van der Waals surface area contributed by atoms with Crippen molar-refractivity contribution in [2.24, 2.45) is 5.73 Å². The Bertz CT molecular complexity index is 652. The molecule has 3 N–H and O–H groups in total. The molecule has 2 atom stereocenters. The largest absolute Gasteiger partial charge is 0.416 e. The van der Waals surface area contributed by atoms with E-state index in [1.54, 1.807) is 6.07 Å². The van der Waals surface area contributed by atoms with Gasteiger partial charge in [0.05, 0.1) is 12.2 Å². The zero-order chi connectivity index (χ0) is 19.3. The number of amides is 2. The molecule has 1 aliphatic heterocycles. The van der Waals surface area contributed by atoms with Gasteiger partial charge < -0.3 is 20.7 Å². The van der Waals surface area contributed by atoms with E-state index in [9.17, 15) is 22.8 Å². The summed E-state index contributed by atoms with van der Waals surface area (Å²) in [5, 5.41) is 2.59. The number of methoxy groups -OCH3 is 1. The molecule has 0 bridgehead atoms. The fourth-order valence-corrected chi connectivity index (χ4v) is 2.83. The van der Waals surface area contributed by atoms with E-state index in [1.165, 1.54) is 18.1 Å². The molecule has 0 spiro atoms. The van der Waals surface area contributed by atoms with Crippen molar-refractivity contribution in [2.75, 3.05) is 20.3 Å². The minimum absolute atomic E-state index is 0.0285. The van der Waals surface area contributed by atoms with Gasteiger partial charge >= 0.3 is 6.18 Å². The molecule has 144 valence electrons. The topological polar surface area (TPSA) is 84.7 Å². The van der Waals surface area contributed by atoms with Crippen LogP contribution in [-0.4, -0.2) is 49.1 Å². The Hall–Kier alpha value is -2.13. The van der Waals surface area contributed by atoms with E-state index in [0.29, 0.717) is 24.9 Å². The van der Waals surface area contributed by atoms with E-state index >= 15 is 0 Å². The van der Waals surface area contributed by atoms with Crippen LogP contribution in [0.3, 0.4) is 0 Å². The first-order valence-electron chi connectivity index (χ1n) is 8.22. The van der Waals surface area contributed by atoms with Gasteiger partial charge in [0.25, 0.3) is 0 Å². The lowest BCUT2D eigenvalue weighted by atomic mass is 10.0. The predicted molar refractivity (Wildman–Crippen MR) is 87.9 cm³/mol. The number of hydrogen-bond acceptors (Lipinski definition) is 4. The first-order chi connectivity index (χ1) is 12.2. The van der Waals surface area contributed by atoms with Crippen molar-refractivity contribution in [3.63, 3.8) is 0 Å². The number of benzene rings is 1. The maximum absolute atomic E-state index is 12.8. The Morgan fingerprint density at radius 3 is 2.85 bits per heavy atom. The van der Waals surface area contributed by atoms with Crippen LogP contribution >= 0.6 is 0 Å². The SMILES string of the molecule is COCC(N)C(=O)NC1CCCN(Cc2cccc(C(F)(F)F)c2)C1=O. The fourth-order valence-electron chi connectivity index (χ4n) is 2.83. The maximum atomic E-state index is 12.8. The van der Waals surface area contributed by atoms with Crippen LogP contribution in [0, 0.1) is 0 Å². The average Bonchev–Trinajstić information content (AvgIpc) is 2.58. The zero-order valence-corrected chi connectivity index (χ0v) is 14.4. The number of carbonyl (C=O) groups excluding carboxylic acids is 2. The Morgan fingerprint density at radius 2 is 2.19 bits per heavy atom. The number of halogens is 3. The monoisotopic (exact) mass is 373 g/mol. The van der Waals surface area contributed by atoms with Gasteiger partial charge in [0.15, 0.2) is 0 Å². The number of piperidine rings is 1. The van der Waals surface area contributed by atoms with Gasteiger partial charge in [-0.1, -0.05) is 12.1 Å². The summed E-state index contributed by atoms with van der Waals surface area (Å²) in [6.07, 6.45) is -3.34. The van der Waals surface area contributed by atoms with E-state index in [1.807, 2.05) is 0 Å². The third-order valence-corrected chi connectivity index (χ3v) is 4.16. The van der Waals surface area contributed by atoms with Crippen LogP contribution in [-0.2, 0) is 27.0 Å². The summed E-state index contributed by atoms with van der Waals surface area (Å²) in [6, 6.07) is 3.26. The smallest absolute Gasteiger partial charge is 0.383 e. The molecule has 6 nitrogen and oxygen atoms in total. The minimum atomic E-state index is -4.43. The molecular weight excluding hydrogens is 351 g/mol. The van der Waals surface area contributed by atoms with Crippen LogP contribution in [0.25, 0.3) is 0 Å². The molecule has 0 radical (unpaired) electrons. The highest BCUT2D eigenvalue weighted by Gasteiger charge is 2.33. The van der Waals surface area contributed by atoms with Gasteiger partial charge in [0.1, 0.15) is 12.1 Å². The molecule has 1 saturated heterocycles. The molecule has 26 heavy (non-hydrogen) atoms. The van der Waals surface area contributed by atoms with Crippen LogP contribution in [0.1, 0.15) is 24.0 Å². The normalized spacial score (nSPS) is 19.3. The predicted octanol–water partition coefficient (Wildman–Crippen LogP) is 1.29. The van der Waals surface area contributed by atoms with Crippen LogP contribution in [0.5, 0.6) is 0 Å². The van der Waals surface area contributed by atoms with Gasteiger partial charge in [-0.05, 0) is 30.5 Å². The number of likely N-dealkylation sites (tertiary alicyclic amines) is 1. The van der Waals surface area contributed by atoms with E-state index in [-0.39, 0.29) is 19.1 Å². The fraction of sp³-hybridized carbons (Fsp3) is 0.529. The average molecular weight is 373 g/mol. The molecule has 2 unspecified atom stereocenters. The third-order valence-electron chi connectivity index (χ3n) is 4.16. The van der Waals surface area contributed by atoms with E-state index in [0.717, 1.165) is 12.1 Å². The molecular formula is C17H22F3N3O3. The lowest BCUT2D eigenvalue weighted by molar-refractivity contribution is -0.140. The molecule has 1 aromatic carbocycles. The second-order valence-electron chi connectivity index (χ2n) is 6.22. The standard InChI is InChI=1S/C17H22F3N3O3/c1-26-10-13(21)15(24)22-14-6-3-7-23(16(14)25)9-11-4-2-5-12(8-11)17(18,19)20/h2,4-5,8,13-14H,3,6-7,9-10,21H2,1H3,(H,22,24). The number of carbonyl (C=O) groups is 2. The van der Waals surface area contributed by atoms with Crippen LogP contribution in [0.15, 0.2) is 24.3 Å². The van der Waals surface area contributed by atoms with Crippen molar-refractivity contribution in [3.8, 4) is 0 Å². The van der Waals surface area contributed by atoms with Gasteiger partial charge in [0, 0.05) is 20.2 Å². The van der Waals surface area contributed by atoms with E-state index in [2.05, 4.69) is 5.32 Å². The molecule has 2 rings (SSSR count). The Morgan fingerprint density at radius 1 is 1.46 bits per heavy atom. The number of nitrogens with two attached hydrogens (primary N) is 1. The number of nitrogens with one attached hydrogen (secondary N) is 1. The highest BCUT2D eigenvalue weighted by atomic mass is 19.4. The van der Waals surface area contributed by atoms with Crippen molar-refractivity contribution in [1.29, 1.82) is 0 Å². The molecule has 1 aliphatic rings. The highest BCUT2D eigenvalue weighted by Crippen LogP contribution is 2.30. The minimum Gasteiger partial charge on any atom is -0.383 e. The molecule has 0 aliphatic carbocycles. The Labute approximate surface area is 149 Å². The zero-order valence-electron chi connectivity index (χ0n) is 14.4. The Balaban J connectivity index is 2.02. The quantitative estimate of drug-likeness (QED) is 0.787. The summed E-state index contributed by atoms with van der Waals surface area (Å²) in [4.78, 5) is 25.9. The molecule has 2 amide bonds. The first kappa shape index (κ1) is 20.2. The van der Waals surface area contributed by atoms with Crippen molar-refractivity contribution < 1.29 is 27.5 Å². The summed E-state index contributed by atoms with van der Waals surface area (Å²) in [5.74, 6) is -0.822. The molecule has 1 aromatic rings. The highest BCUT2D eigenvalue weighted by molar-refractivity contribution is 5.90. The van der Waals surface area contributed by atoms with Crippen LogP contribution in [0.2, 0.25) is 0 Å².